The number of hydrogen-bond donors (Lipinski definition) is 2. The van der Waals surface area contributed by atoms with E-state index in [1.54, 1.807) is 6.08 Å². The molecule has 0 spiro atoms. The van der Waals surface area contributed by atoms with Gasteiger partial charge >= 0.3 is 11.9 Å². The number of carboxylic acids is 2. The highest BCUT2D eigenvalue weighted by Gasteiger charge is 2.10. The van der Waals surface area contributed by atoms with Crippen LogP contribution in [0.4, 0.5) is 0 Å². The number of carbonyl (C=O) groups is 2. The van der Waals surface area contributed by atoms with Crippen LogP contribution in [-0.4, -0.2) is 22.2 Å². The second-order valence-electron chi connectivity index (χ2n) is 5.99. The molecule has 2 N–H and O–H groups in total. The number of carboxylic acid groups (broad SMARTS) is 2. The number of aliphatic carboxylic acids is 2. The van der Waals surface area contributed by atoms with Crippen LogP contribution < -0.4 is 0 Å². The summed E-state index contributed by atoms with van der Waals surface area (Å²) in [6, 6.07) is 0. The number of hydrogen-bond acceptors (Lipinski definition) is 2. The largest absolute Gasteiger partial charge is 0.481 e. The van der Waals surface area contributed by atoms with Crippen molar-refractivity contribution in [2.24, 2.45) is 0 Å². The minimum Gasteiger partial charge on any atom is -0.481 e. The number of rotatable bonds is 10. The Morgan fingerprint density at radius 2 is 1.39 bits per heavy atom. The molecule has 0 fully saturated rings. The third kappa shape index (κ3) is 12.2. The Bertz CT molecular complexity index is 530. The van der Waals surface area contributed by atoms with Crippen LogP contribution in [0.15, 0.2) is 46.6 Å². The third-order valence-corrected chi connectivity index (χ3v) is 3.31. The van der Waals surface area contributed by atoms with Crippen molar-refractivity contribution in [1.82, 2.24) is 0 Å². The second kappa shape index (κ2) is 11.5. The zero-order valence-corrected chi connectivity index (χ0v) is 14.6. The van der Waals surface area contributed by atoms with Crippen LogP contribution in [0.25, 0.3) is 0 Å². The lowest BCUT2D eigenvalue weighted by Crippen LogP contribution is -2.06. The first-order valence-electron chi connectivity index (χ1n) is 7.82. The van der Waals surface area contributed by atoms with E-state index >= 15 is 0 Å². The van der Waals surface area contributed by atoms with Crippen LogP contribution >= 0.6 is 0 Å². The van der Waals surface area contributed by atoms with Gasteiger partial charge in [-0.05, 0) is 53.4 Å². The summed E-state index contributed by atoms with van der Waals surface area (Å²) in [5.41, 5.74) is 3.61. The maximum absolute atomic E-state index is 10.9. The van der Waals surface area contributed by atoms with Crippen LogP contribution in [0.3, 0.4) is 0 Å². The highest BCUT2D eigenvalue weighted by Crippen LogP contribution is 2.12. The molecule has 23 heavy (non-hydrogen) atoms. The van der Waals surface area contributed by atoms with Gasteiger partial charge in [-0.1, -0.05) is 41.0 Å². The van der Waals surface area contributed by atoms with Crippen molar-refractivity contribution >= 4 is 11.9 Å². The first-order chi connectivity index (χ1) is 10.7. The molecule has 0 aromatic rings. The van der Waals surface area contributed by atoms with Gasteiger partial charge in [0.25, 0.3) is 0 Å². The Labute approximate surface area is 138 Å². The molecule has 0 radical (unpaired) electrons. The lowest BCUT2D eigenvalue weighted by Gasteiger charge is -2.01. The molecule has 0 aliphatic carbocycles. The highest BCUT2D eigenvalue weighted by atomic mass is 16.4. The second-order valence-corrected chi connectivity index (χ2v) is 5.99. The maximum Gasteiger partial charge on any atom is 0.332 e. The average Bonchev–Trinajstić information content (AvgIpc) is 2.42. The summed E-state index contributed by atoms with van der Waals surface area (Å²) < 4.78 is 0. The molecule has 0 aromatic carbocycles. The minimum atomic E-state index is -1.19. The Morgan fingerprint density at radius 3 is 1.91 bits per heavy atom. The van der Waals surface area contributed by atoms with Crippen molar-refractivity contribution in [2.75, 3.05) is 0 Å². The molecule has 0 heterocycles. The van der Waals surface area contributed by atoms with E-state index in [1.165, 1.54) is 17.2 Å². The fourth-order valence-corrected chi connectivity index (χ4v) is 1.93. The molecule has 4 heteroatoms. The Balaban J connectivity index is 4.46. The summed E-state index contributed by atoms with van der Waals surface area (Å²) in [6.45, 7) is 8.23. The maximum atomic E-state index is 10.9. The fourth-order valence-electron chi connectivity index (χ4n) is 1.93. The Kier molecular flexibility index (Phi) is 10.4. The van der Waals surface area contributed by atoms with E-state index in [0.717, 1.165) is 31.3 Å². The molecule has 0 saturated heterocycles. The Hall–Kier alpha value is -2.10. The number of allylic oxidation sites excluding steroid dienone is 7. The van der Waals surface area contributed by atoms with Crippen molar-refractivity contribution in [3.63, 3.8) is 0 Å². The van der Waals surface area contributed by atoms with Gasteiger partial charge in [0, 0.05) is 5.57 Å². The van der Waals surface area contributed by atoms with Gasteiger partial charge in [-0.2, -0.15) is 0 Å². The molecule has 0 saturated carbocycles. The van der Waals surface area contributed by atoms with Gasteiger partial charge in [0.15, 0.2) is 0 Å². The van der Waals surface area contributed by atoms with E-state index in [-0.39, 0.29) is 5.57 Å². The topological polar surface area (TPSA) is 74.6 Å². The molecule has 0 bridgehead atoms. The van der Waals surface area contributed by atoms with Gasteiger partial charge in [-0.15, -0.1) is 0 Å². The van der Waals surface area contributed by atoms with E-state index in [0.29, 0.717) is 0 Å². The van der Waals surface area contributed by atoms with Crippen molar-refractivity contribution < 1.29 is 19.8 Å². The third-order valence-electron chi connectivity index (χ3n) is 3.31. The molecular formula is C19H28O4. The molecule has 0 aliphatic rings. The SMILES string of the molecule is CC(C)=CCC/C(C)=C/CC/C(C)=C/C=C(\CC(=O)O)C(=O)O. The van der Waals surface area contributed by atoms with Crippen LogP contribution in [-0.2, 0) is 9.59 Å². The molecular weight excluding hydrogens is 292 g/mol. The van der Waals surface area contributed by atoms with Crippen molar-refractivity contribution in [2.45, 2.75) is 59.8 Å². The molecule has 0 rings (SSSR count). The van der Waals surface area contributed by atoms with E-state index in [2.05, 4.69) is 32.9 Å². The van der Waals surface area contributed by atoms with Crippen molar-refractivity contribution in [3.8, 4) is 0 Å². The summed E-state index contributed by atoms with van der Waals surface area (Å²) in [7, 11) is 0. The van der Waals surface area contributed by atoms with Crippen LogP contribution in [0.1, 0.15) is 59.8 Å². The zero-order valence-electron chi connectivity index (χ0n) is 14.6. The van der Waals surface area contributed by atoms with Crippen LogP contribution in [0.5, 0.6) is 0 Å². The first-order valence-corrected chi connectivity index (χ1v) is 7.82. The molecule has 0 amide bonds. The van der Waals surface area contributed by atoms with E-state index < -0.39 is 18.4 Å². The van der Waals surface area contributed by atoms with Crippen LogP contribution in [0, 0.1) is 0 Å². The minimum absolute atomic E-state index is 0.106. The van der Waals surface area contributed by atoms with Gasteiger partial charge in [-0.25, -0.2) is 4.79 Å². The molecule has 0 aliphatic heterocycles. The zero-order chi connectivity index (χ0) is 17.8. The normalized spacial score (nSPS) is 13.0. The van der Waals surface area contributed by atoms with E-state index in [9.17, 15) is 9.59 Å². The fraction of sp³-hybridized carbons (Fsp3) is 0.474. The predicted octanol–water partition coefficient (Wildman–Crippen LogP) is 4.89. The molecule has 0 unspecified atom stereocenters. The molecule has 0 aromatic heterocycles. The smallest absolute Gasteiger partial charge is 0.332 e. The van der Waals surface area contributed by atoms with Crippen molar-refractivity contribution in [1.29, 1.82) is 0 Å². The van der Waals surface area contributed by atoms with Gasteiger partial charge in [0.2, 0.25) is 0 Å². The summed E-state index contributed by atoms with van der Waals surface area (Å²) in [6.07, 6.45) is 10.9. The predicted molar refractivity (Wildman–Crippen MR) is 93.4 cm³/mol. The van der Waals surface area contributed by atoms with Crippen LogP contribution in [0.2, 0.25) is 0 Å². The summed E-state index contributed by atoms with van der Waals surface area (Å²) >= 11 is 0. The van der Waals surface area contributed by atoms with E-state index in [4.69, 9.17) is 10.2 Å². The standard InChI is InChI=1S/C19H28O4/c1-14(2)7-5-8-15(3)9-6-10-16(4)11-12-17(19(22)23)13-18(20)21/h7,9,11-12H,5-6,8,10,13H2,1-4H3,(H,20,21)(H,22,23)/b15-9+,16-11+,17-12+. The van der Waals surface area contributed by atoms with Crippen molar-refractivity contribution in [3.05, 3.63) is 46.6 Å². The summed E-state index contributed by atoms with van der Waals surface area (Å²) in [5.74, 6) is -2.33. The first kappa shape index (κ1) is 20.9. The molecule has 0 atom stereocenters. The summed E-state index contributed by atoms with van der Waals surface area (Å²) in [4.78, 5) is 21.5. The lowest BCUT2D eigenvalue weighted by molar-refractivity contribution is -0.139. The highest BCUT2D eigenvalue weighted by molar-refractivity contribution is 5.92. The lowest BCUT2D eigenvalue weighted by atomic mass is 10.1. The summed E-state index contributed by atoms with van der Waals surface area (Å²) in [5, 5.41) is 17.6. The van der Waals surface area contributed by atoms with Gasteiger partial charge in [-0.3, -0.25) is 4.79 Å². The molecule has 128 valence electrons. The van der Waals surface area contributed by atoms with Gasteiger partial charge < -0.3 is 10.2 Å². The van der Waals surface area contributed by atoms with Gasteiger partial charge in [0.1, 0.15) is 0 Å². The van der Waals surface area contributed by atoms with Gasteiger partial charge in [0.05, 0.1) is 6.42 Å². The Morgan fingerprint density at radius 1 is 0.826 bits per heavy atom. The van der Waals surface area contributed by atoms with E-state index in [1.807, 2.05) is 6.92 Å². The quantitative estimate of drug-likeness (QED) is 0.341. The monoisotopic (exact) mass is 320 g/mol. The molecule has 4 nitrogen and oxygen atoms in total. The average molecular weight is 320 g/mol.